The first-order valence-corrected chi connectivity index (χ1v) is 5.33. The number of nitrogens with two attached hydrogens (primary N) is 1. The van der Waals surface area contributed by atoms with Gasteiger partial charge in [-0.1, -0.05) is 0 Å². The second kappa shape index (κ2) is 4.79. The molecule has 18 heavy (non-hydrogen) atoms. The van der Waals surface area contributed by atoms with Crippen molar-refractivity contribution in [3.8, 4) is 5.75 Å². The molecule has 0 aliphatic carbocycles. The lowest BCUT2D eigenvalue weighted by Crippen LogP contribution is -2.13. The molecule has 0 unspecified atom stereocenters. The number of hydrogen-bond donors (Lipinski definition) is 2. The molecule has 1 aromatic heterocycles. The highest BCUT2D eigenvalue weighted by molar-refractivity contribution is 6.04. The zero-order valence-electron chi connectivity index (χ0n) is 10.2. The van der Waals surface area contributed by atoms with Crippen LogP contribution in [-0.2, 0) is 7.05 Å². The number of nitrogens with zero attached hydrogens (tertiary/aromatic N) is 2. The molecule has 6 nitrogen and oxygen atoms in total. The molecule has 3 N–H and O–H groups in total. The lowest BCUT2D eigenvalue weighted by molar-refractivity contribution is 0.102. The fourth-order valence-corrected chi connectivity index (χ4v) is 1.49. The van der Waals surface area contributed by atoms with Crippen molar-refractivity contribution in [2.24, 2.45) is 7.05 Å². The lowest BCUT2D eigenvalue weighted by atomic mass is 10.2. The quantitative estimate of drug-likeness (QED) is 0.799. The Bertz CT molecular complexity index is 577. The number of rotatable bonds is 3. The van der Waals surface area contributed by atoms with Gasteiger partial charge in [-0.05, 0) is 12.1 Å². The molecule has 1 aromatic carbocycles. The van der Waals surface area contributed by atoms with Crippen molar-refractivity contribution in [2.75, 3.05) is 18.2 Å². The van der Waals surface area contributed by atoms with E-state index in [4.69, 9.17) is 10.5 Å². The molecule has 0 aliphatic rings. The summed E-state index contributed by atoms with van der Waals surface area (Å²) in [5.74, 6) is 0.316. The highest BCUT2D eigenvalue weighted by Gasteiger charge is 2.11. The average molecular weight is 246 g/mol. The van der Waals surface area contributed by atoms with Crippen LogP contribution < -0.4 is 15.8 Å². The summed E-state index contributed by atoms with van der Waals surface area (Å²) >= 11 is 0. The van der Waals surface area contributed by atoms with Crippen LogP contribution in [0.1, 0.15) is 10.5 Å². The Labute approximate surface area is 104 Å². The zero-order chi connectivity index (χ0) is 13.1. The Morgan fingerprint density at radius 3 is 2.89 bits per heavy atom. The van der Waals surface area contributed by atoms with Gasteiger partial charge in [0.25, 0.3) is 5.91 Å². The number of amides is 1. The predicted octanol–water partition coefficient (Wildman–Crippen LogP) is 1.26. The summed E-state index contributed by atoms with van der Waals surface area (Å²) in [6.45, 7) is 0. The molecule has 0 saturated heterocycles. The minimum absolute atomic E-state index is 0.310. The summed E-state index contributed by atoms with van der Waals surface area (Å²) in [5.41, 5.74) is 7.09. The number of nitrogens with one attached hydrogen (secondary N) is 1. The molecular formula is C12H14N4O2. The zero-order valence-corrected chi connectivity index (χ0v) is 10.2. The van der Waals surface area contributed by atoms with Crippen LogP contribution in [0.2, 0.25) is 0 Å². The molecule has 0 saturated carbocycles. The highest BCUT2D eigenvalue weighted by atomic mass is 16.5. The predicted molar refractivity (Wildman–Crippen MR) is 68.6 cm³/mol. The second-order valence-corrected chi connectivity index (χ2v) is 3.83. The van der Waals surface area contributed by atoms with Crippen molar-refractivity contribution in [1.29, 1.82) is 0 Å². The molecule has 94 valence electrons. The number of imidazole rings is 1. The third kappa shape index (κ3) is 2.42. The van der Waals surface area contributed by atoms with Gasteiger partial charge in [-0.2, -0.15) is 0 Å². The summed E-state index contributed by atoms with van der Waals surface area (Å²) in [7, 11) is 3.35. The van der Waals surface area contributed by atoms with E-state index in [9.17, 15) is 4.79 Å². The maximum Gasteiger partial charge on any atom is 0.275 e. The maximum atomic E-state index is 11.9. The molecule has 2 rings (SSSR count). The lowest BCUT2D eigenvalue weighted by Gasteiger charge is -2.08. The van der Waals surface area contributed by atoms with E-state index in [0.29, 0.717) is 22.8 Å². The molecule has 6 heteroatoms. The molecule has 0 spiro atoms. The van der Waals surface area contributed by atoms with E-state index in [0.717, 1.165) is 0 Å². The minimum Gasteiger partial charge on any atom is -0.497 e. The molecule has 0 atom stereocenters. The largest absolute Gasteiger partial charge is 0.497 e. The van der Waals surface area contributed by atoms with Crippen molar-refractivity contribution < 1.29 is 9.53 Å². The van der Waals surface area contributed by atoms with Crippen LogP contribution in [0.5, 0.6) is 5.75 Å². The topological polar surface area (TPSA) is 82.2 Å². The second-order valence-electron chi connectivity index (χ2n) is 3.83. The Morgan fingerprint density at radius 1 is 1.50 bits per heavy atom. The maximum absolute atomic E-state index is 11.9. The summed E-state index contributed by atoms with van der Waals surface area (Å²) in [6, 6.07) is 5.06. The Kier molecular flexibility index (Phi) is 3.18. The van der Waals surface area contributed by atoms with Crippen LogP contribution in [0.15, 0.2) is 30.7 Å². The fourth-order valence-electron chi connectivity index (χ4n) is 1.49. The first kappa shape index (κ1) is 12.0. The van der Waals surface area contributed by atoms with Crippen LogP contribution in [0.4, 0.5) is 11.4 Å². The molecule has 1 amide bonds. The van der Waals surface area contributed by atoms with Gasteiger partial charge in [-0.15, -0.1) is 0 Å². The Morgan fingerprint density at radius 2 is 2.28 bits per heavy atom. The van der Waals surface area contributed by atoms with E-state index < -0.39 is 0 Å². The van der Waals surface area contributed by atoms with Gasteiger partial charge in [-0.25, -0.2) is 4.98 Å². The monoisotopic (exact) mass is 246 g/mol. The molecule has 0 bridgehead atoms. The summed E-state index contributed by atoms with van der Waals surface area (Å²) in [6.07, 6.45) is 3.19. The van der Waals surface area contributed by atoms with Crippen molar-refractivity contribution in [1.82, 2.24) is 9.55 Å². The fraction of sp³-hybridized carbons (Fsp3) is 0.167. The normalized spacial score (nSPS) is 10.1. The number of carbonyl (C=O) groups excluding carboxylic acids is 1. The first-order chi connectivity index (χ1) is 8.60. The molecular weight excluding hydrogens is 232 g/mol. The molecule has 1 heterocycles. The number of aryl methyl sites for hydroxylation is 1. The van der Waals surface area contributed by atoms with Crippen LogP contribution in [0.3, 0.4) is 0 Å². The van der Waals surface area contributed by atoms with Crippen molar-refractivity contribution >= 4 is 17.3 Å². The van der Waals surface area contributed by atoms with Crippen molar-refractivity contribution in [2.45, 2.75) is 0 Å². The van der Waals surface area contributed by atoms with E-state index in [1.165, 1.54) is 0 Å². The van der Waals surface area contributed by atoms with E-state index in [1.807, 2.05) is 0 Å². The van der Waals surface area contributed by atoms with Crippen LogP contribution >= 0.6 is 0 Å². The van der Waals surface area contributed by atoms with Gasteiger partial charge in [0.2, 0.25) is 0 Å². The summed E-state index contributed by atoms with van der Waals surface area (Å²) in [5, 5.41) is 2.69. The van der Waals surface area contributed by atoms with Crippen LogP contribution in [0, 0.1) is 0 Å². The Hall–Kier alpha value is -2.50. The van der Waals surface area contributed by atoms with Gasteiger partial charge >= 0.3 is 0 Å². The third-order valence-corrected chi connectivity index (χ3v) is 2.45. The molecule has 2 aromatic rings. The molecule has 0 radical (unpaired) electrons. The van der Waals surface area contributed by atoms with Gasteiger partial charge in [-0.3, -0.25) is 4.79 Å². The smallest absolute Gasteiger partial charge is 0.275 e. The third-order valence-electron chi connectivity index (χ3n) is 2.45. The van der Waals surface area contributed by atoms with Gasteiger partial charge in [0, 0.05) is 19.3 Å². The summed E-state index contributed by atoms with van der Waals surface area (Å²) < 4.78 is 6.77. The highest BCUT2D eigenvalue weighted by Crippen LogP contribution is 2.24. The minimum atomic E-state index is -0.310. The number of anilines is 2. The van der Waals surface area contributed by atoms with Gasteiger partial charge in [0.1, 0.15) is 11.4 Å². The van der Waals surface area contributed by atoms with Gasteiger partial charge in [0.05, 0.1) is 24.8 Å². The van der Waals surface area contributed by atoms with Crippen molar-refractivity contribution in [3.63, 3.8) is 0 Å². The number of methoxy groups -OCH3 is 1. The van der Waals surface area contributed by atoms with E-state index in [1.54, 1.807) is 49.4 Å². The standard InChI is InChI=1S/C12H14N4O2/c1-16-6-11(14-7-16)12(17)15-10-5-8(18-2)3-4-9(10)13/h3-7H,13H2,1-2H3,(H,15,17). The molecule has 0 aliphatic heterocycles. The van der Waals surface area contributed by atoms with Crippen molar-refractivity contribution in [3.05, 3.63) is 36.4 Å². The van der Waals surface area contributed by atoms with E-state index in [2.05, 4.69) is 10.3 Å². The van der Waals surface area contributed by atoms with Crippen LogP contribution in [0.25, 0.3) is 0 Å². The van der Waals surface area contributed by atoms with E-state index in [-0.39, 0.29) is 5.91 Å². The SMILES string of the molecule is COc1ccc(N)c(NC(=O)c2cn(C)cn2)c1. The van der Waals surface area contributed by atoms with Crippen LogP contribution in [-0.4, -0.2) is 22.6 Å². The number of aromatic nitrogens is 2. The number of ether oxygens (including phenoxy) is 1. The van der Waals surface area contributed by atoms with Gasteiger partial charge < -0.3 is 20.4 Å². The average Bonchev–Trinajstić information content (AvgIpc) is 2.79. The number of hydrogen-bond acceptors (Lipinski definition) is 4. The van der Waals surface area contributed by atoms with E-state index >= 15 is 0 Å². The molecule has 0 fully saturated rings. The number of carbonyl (C=O) groups is 1. The Balaban J connectivity index is 2.21. The number of nitrogen functional groups attached to an aromatic ring is 1. The summed E-state index contributed by atoms with van der Waals surface area (Å²) in [4.78, 5) is 15.9. The number of benzene rings is 1. The first-order valence-electron chi connectivity index (χ1n) is 5.33. The van der Waals surface area contributed by atoms with Gasteiger partial charge in [0.15, 0.2) is 0 Å².